The fraction of sp³-hybridized carbons (Fsp3) is 0. The van der Waals surface area contributed by atoms with Gasteiger partial charge in [0.1, 0.15) is 11.5 Å². The number of aromatic nitrogens is 2. The van der Waals surface area contributed by atoms with Crippen LogP contribution >= 0.6 is 0 Å². The number of hydrogen-bond donors (Lipinski definition) is 3. The Morgan fingerprint density at radius 3 is 2.11 bits per heavy atom. The first-order valence-electron chi connectivity index (χ1n) is 11.1. The summed E-state index contributed by atoms with van der Waals surface area (Å²) in [7, 11) is 0. The van der Waals surface area contributed by atoms with Crippen molar-refractivity contribution in [1.82, 2.24) is 9.97 Å². The van der Waals surface area contributed by atoms with Crippen LogP contribution in [0.5, 0.6) is 0 Å². The van der Waals surface area contributed by atoms with Crippen molar-refractivity contribution in [2.24, 2.45) is 5.73 Å². The molecule has 5 aromatic rings. The number of primary amides is 1. The molecule has 0 fully saturated rings. The highest BCUT2D eigenvalue weighted by Crippen LogP contribution is 2.25. The largest absolute Gasteiger partial charge is 0.366 e. The topological polar surface area (TPSA) is 101 Å². The van der Waals surface area contributed by atoms with E-state index in [9.17, 15) is 9.59 Å². The summed E-state index contributed by atoms with van der Waals surface area (Å²) < 4.78 is 0. The molecule has 0 aliphatic rings. The van der Waals surface area contributed by atoms with Gasteiger partial charge >= 0.3 is 0 Å². The maximum atomic E-state index is 12.8. The minimum Gasteiger partial charge on any atom is -0.366 e. The van der Waals surface area contributed by atoms with Gasteiger partial charge in [-0.1, -0.05) is 72.8 Å². The van der Waals surface area contributed by atoms with Gasteiger partial charge in [0.15, 0.2) is 0 Å². The Hall–Kier alpha value is -4.97. The van der Waals surface area contributed by atoms with Crippen molar-refractivity contribution in [3.63, 3.8) is 0 Å². The van der Waals surface area contributed by atoms with Gasteiger partial charge in [0, 0.05) is 28.3 Å². The number of nitrogens with zero attached hydrogens (tertiary/aromatic N) is 1. The molecule has 35 heavy (non-hydrogen) atoms. The summed E-state index contributed by atoms with van der Waals surface area (Å²) in [6, 6.07) is 30.3. The average molecular weight is 459 g/mol. The molecular weight excluding hydrogens is 436 g/mol. The van der Waals surface area contributed by atoms with E-state index in [-0.39, 0.29) is 5.91 Å². The van der Waals surface area contributed by atoms with Crippen LogP contribution in [0.15, 0.2) is 103 Å². The summed E-state index contributed by atoms with van der Waals surface area (Å²) in [5.41, 5.74) is 10.8. The molecule has 0 unspecified atom stereocenters. The number of fused-ring (bicyclic) bond motifs is 1. The van der Waals surface area contributed by atoms with E-state index in [1.165, 1.54) is 0 Å². The van der Waals surface area contributed by atoms with Gasteiger partial charge < -0.3 is 16.0 Å². The molecule has 6 nitrogen and oxygen atoms in total. The second-order valence-corrected chi connectivity index (χ2v) is 8.02. The van der Waals surface area contributed by atoms with E-state index < -0.39 is 5.91 Å². The SMILES string of the molecule is NC(=O)/C(=C\c1c[nH]c2nc(NC(=O)c3ccc(-c4ccccc4)cc3)ccc12)c1ccccc1. The molecule has 3 aromatic carbocycles. The lowest BCUT2D eigenvalue weighted by Crippen LogP contribution is -2.13. The van der Waals surface area contributed by atoms with Gasteiger partial charge in [-0.3, -0.25) is 9.59 Å². The molecule has 0 saturated heterocycles. The number of carbonyl (C=O) groups is 2. The molecule has 6 heteroatoms. The summed E-state index contributed by atoms with van der Waals surface area (Å²) in [6.07, 6.45) is 3.50. The molecule has 2 heterocycles. The van der Waals surface area contributed by atoms with Crippen LogP contribution in [-0.4, -0.2) is 21.8 Å². The highest BCUT2D eigenvalue weighted by atomic mass is 16.2. The van der Waals surface area contributed by atoms with Gasteiger partial charge in [-0.15, -0.1) is 0 Å². The maximum absolute atomic E-state index is 12.8. The highest BCUT2D eigenvalue weighted by molar-refractivity contribution is 6.24. The van der Waals surface area contributed by atoms with Crippen molar-refractivity contribution >= 4 is 40.3 Å². The van der Waals surface area contributed by atoms with E-state index in [0.29, 0.717) is 22.6 Å². The highest BCUT2D eigenvalue weighted by Gasteiger charge is 2.12. The normalized spacial score (nSPS) is 11.4. The number of hydrogen-bond acceptors (Lipinski definition) is 3. The summed E-state index contributed by atoms with van der Waals surface area (Å²) >= 11 is 0. The van der Waals surface area contributed by atoms with Gasteiger partial charge in [0.05, 0.1) is 0 Å². The van der Waals surface area contributed by atoms with Crippen LogP contribution in [0.2, 0.25) is 0 Å². The number of nitrogens with two attached hydrogens (primary N) is 1. The fourth-order valence-corrected chi connectivity index (χ4v) is 3.92. The molecule has 4 N–H and O–H groups in total. The molecule has 0 atom stereocenters. The first kappa shape index (κ1) is 21.9. The van der Waals surface area contributed by atoms with Crippen LogP contribution in [0.25, 0.3) is 33.8 Å². The van der Waals surface area contributed by atoms with E-state index in [2.05, 4.69) is 15.3 Å². The number of rotatable bonds is 6. The van der Waals surface area contributed by atoms with Gasteiger partial charge in [-0.05, 0) is 47.0 Å². The minimum atomic E-state index is -0.513. The number of pyridine rings is 1. The predicted molar refractivity (Wildman–Crippen MR) is 139 cm³/mol. The number of benzene rings is 3. The Morgan fingerprint density at radius 2 is 1.43 bits per heavy atom. The second kappa shape index (κ2) is 9.49. The van der Waals surface area contributed by atoms with Crippen molar-refractivity contribution < 1.29 is 9.59 Å². The molecule has 0 spiro atoms. The number of amides is 2. The molecule has 0 saturated carbocycles. The van der Waals surface area contributed by atoms with Gasteiger partial charge in [-0.2, -0.15) is 0 Å². The quantitative estimate of drug-likeness (QED) is 0.293. The van der Waals surface area contributed by atoms with Crippen molar-refractivity contribution in [2.75, 3.05) is 5.32 Å². The molecule has 0 radical (unpaired) electrons. The number of aromatic amines is 1. The third kappa shape index (κ3) is 4.72. The van der Waals surface area contributed by atoms with Crippen molar-refractivity contribution in [1.29, 1.82) is 0 Å². The van der Waals surface area contributed by atoms with Crippen LogP contribution in [0, 0.1) is 0 Å². The van der Waals surface area contributed by atoms with Gasteiger partial charge in [0.2, 0.25) is 5.91 Å². The lowest BCUT2D eigenvalue weighted by molar-refractivity contribution is -0.112. The molecule has 0 aliphatic heterocycles. The minimum absolute atomic E-state index is 0.247. The smallest absolute Gasteiger partial charge is 0.256 e. The van der Waals surface area contributed by atoms with E-state index >= 15 is 0 Å². The van der Waals surface area contributed by atoms with E-state index in [1.54, 1.807) is 30.5 Å². The zero-order chi connectivity index (χ0) is 24.2. The van der Waals surface area contributed by atoms with Crippen LogP contribution in [-0.2, 0) is 4.79 Å². The molecule has 170 valence electrons. The molecule has 5 rings (SSSR count). The fourth-order valence-electron chi connectivity index (χ4n) is 3.92. The van der Waals surface area contributed by atoms with E-state index in [4.69, 9.17) is 5.73 Å². The Labute approximate surface area is 202 Å². The Kier molecular flexibility index (Phi) is 5.92. The van der Waals surface area contributed by atoms with Crippen LogP contribution in [0.3, 0.4) is 0 Å². The summed E-state index contributed by atoms with van der Waals surface area (Å²) in [5.74, 6) is -0.339. The summed E-state index contributed by atoms with van der Waals surface area (Å²) in [5, 5.41) is 3.65. The average Bonchev–Trinajstić information content (AvgIpc) is 3.30. The van der Waals surface area contributed by atoms with Gasteiger partial charge in [0.25, 0.3) is 5.91 Å². The first-order chi connectivity index (χ1) is 17.1. The number of H-pyrrole nitrogens is 1. The summed E-state index contributed by atoms with van der Waals surface area (Å²) in [4.78, 5) is 32.4. The zero-order valence-corrected chi connectivity index (χ0v) is 18.7. The Balaban J connectivity index is 1.36. The molecule has 2 amide bonds. The molecule has 2 aromatic heterocycles. The third-order valence-electron chi connectivity index (χ3n) is 5.72. The zero-order valence-electron chi connectivity index (χ0n) is 18.7. The van der Waals surface area contributed by atoms with Crippen LogP contribution in [0.4, 0.5) is 5.82 Å². The maximum Gasteiger partial charge on any atom is 0.256 e. The lowest BCUT2D eigenvalue weighted by Gasteiger charge is -2.07. The standard InChI is InChI=1S/C29H22N4O2/c30-27(34)25(21-9-5-2-6-10-21)17-23-18-31-28-24(23)15-16-26(32-28)33-29(35)22-13-11-20(12-14-22)19-7-3-1-4-8-19/h1-18H,(H2,30,34)(H2,31,32,33,35)/b25-17-. The predicted octanol–water partition coefficient (Wildman–Crippen LogP) is 5.51. The monoisotopic (exact) mass is 458 g/mol. The van der Waals surface area contributed by atoms with Crippen molar-refractivity contribution in [2.45, 2.75) is 0 Å². The van der Waals surface area contributed by atoms with Crippen molar-refractivity contribution in [3.05, 3.63) is 120 Å². The van der Waals surface area contributed by atoms with E-state index in [1.807, 2.05) is 78.9 Å². The molecule has 0 bridgehead atoms. The van der Waals surface area contributed by atoms with Crippen LogP contribution in [0.1, 0.15) is 21.5 Å². The third-order valence-corrected chi connectivity index (χ3v) is 5.72. The Morgan fingerprint density at radius 1 is 0.771 bits per heavy atom. The number of nitrogens with one attached hydrogen (secondary N) is 2. The molecular formula is C29H22N4O2. The number of carbonyl (C=O) groups excluding carboxylic acids is 2. The first-order valence-corrected chi connectivity index (χ1v) is 11.1. The second-order valence-electron chi connectivity index (χ2n) is 8.02. The van der Waals surface area contributed by atoms with E-state index in [0.717, 1.165) is 27.6 Å². The van der Waals surface area contributed by atoms with Crippen LogP contribution < -0.4 is 11.1 Å². The van der Waals surface area contributed by atoms with Crippen molar-refractivity contribution in [3.8, 4) is 11.1 Å². The Bertz CT molecular complexity index is 1540. The summed E-state index contributed by atoms with van der Waals surface area (Å²) in [6.45, 7) is 0. The molecule has 0 aliphatic carbocycles. The number of anilines is 1. The lowest BCUT2D eigenvalue weighted by atomic mass is 10.0. The van der Waals surface area contributed by atoms with Gasteiger partial charge in [-0.25, -0.2) is 4.98 Å².